The van der Waals surface area contributed by atoms with E-state index in [2.05, 4.69) is 0 Å². The molecular formula is C27H25F5N2O4. The highest BCUT2D eigenvalue weighted by Crippen LogP contribution is 2.33. The molecular weight excluding hydrogens is 511 g/mol. The van der Waals surface area contributed by atoms with Crippen LogP contribution in [0.15, 0.2) is 72.8 Å². The van der Waals surface area contributed by atoms with Crippen LogP contribution in [0.2, 0.25) is 0 Å². The van der Waals surface area contributed by atoms with E-state index in [0.717, 1.165) is 12.1 Å². The number of hydrogen-bond donors (Lipinski definition) is 2. The zero-order valence-corrected chi connectivity index (χ0v) is 20.0. The maximum atomic E-state index is 14.6. The van der Waals surface area contributed by atoms with Gasteiger partial charge in [-0.25, -0.2) is 4.79 Å². The second-order valence-electron chi connectivity index (χ2n) is 8.18. The van der Waals surface area contributed by atoms with Gasteiger partial charge in [-0.2, -0.15) is 22.0 Å². The minimum Gasteiger partial charge on any atom is -0.494 e. The average molecular weight is 536 g/mol. The van der Waals surface area contributed by atoms with Crippen molar-refractivity contribution in [3.8, 4) is 11.5 Å². The van der Waals surface area contributed by atoms with Gasteiger partial charge in [-0.3, -0.25) is 0 Å². The zero-order chi connectivity index (χ0) is 27.8. The molecule has 0 aliphatic carbocycles. The van der Waals surface area contributed by atoms with E-state index in [4.69, 9.17) is 25.7 Å². The van der Waals surface area contributed by atoms with E-state index >= 15 is 0 Å². The first kappa shape index (κ1) is 28.3. The Kier molecular flexibility index (Phi) is 9.16. The van der Waals surface area contributed by atoms with E-state index < -0.39 is 30.2 Å². The summed E-state index contributed by atoms with van der Waals surface area (Å²) in [5.74, 6) is -0.583. The molecule has 0 heterocycles. The molecule has 0 spiro atoms. The Morgan fingerprint density at radius 1 is 0.868 bits per heavy atom. The lowest BCUT2D eigenvalue weighted by molar-refractivity contribution is -0.185. The standard InChI is InChI=1S/C27H25F5N2O4/c28-26(29,30)14-1-15-36-22-11-6-20(7-12-22)27(31,32)38-23-9-2-18(3-10-23)4-13-25(35)37-17-19-5-8-21(33)16-24(19)34/h2-13,16H,1,14-15,17,33-34H2/b13-4+. The summed E-state index contributed by atoms with van der Waals surface area (Å²) in [6.07, 6.45) is -6.55. The third-order valence-electron chi connectivity index (χ3n) is 5.14. The van der Waals surface area contributed by atoms with E-state index in [9.17, 15) is 26.7 Å². The van der Waals surface area contributed by atoms with Crippen LogP contribution in [0.1, 0.15) is 29.5 Å². The Balaban J connectivity index is 1.49. The van der Waals surface area contributed by atoms with Crippen LogP contribution in [0.3, 0.4) is 0 Å². The third-order valence-corrected chi connectivity index (χ3v) is 5.14. The number of nitrogens with two attached hydrogens (primary N) is 2. The Morgan fingerprint density at radius 3 is 2.16 bits per heavy atom. The number of carbonyl (C=O) groups is 1. The van der Waals surface area contributed by atoms with Crippen LogP contribution >= 0.6 is 0 Å². The van der Waals surface area contributed by atoms with Crippen molar-refractivity contribution >= 4 is 23.4 Å². The van der Waals surface area contributed by atoms with Crippen LogP contribution in [0, 0.1) is 0 Å². The fourth-order valence-corrected chi connectivity index (χ4v) is 3.17. The third kappa shape index (κ3) is 8.99. The molecule has 202 valence electrons. The Hall–Kier alpha value is -4.28. The van der Waals surface area contributed by atoms with Crippen LogP contribution in [0.5, 0.6) is 11.5 Å². The normalized spacial score (nSPS) is 11.9. The van der Waals surface area contributed by atoms with Crippen molar-refractivity contribution in [2.45, 2.75) is 31.7 Å². The van der Waals surface area contributed by atoms with Crippen LogP contribution < -0.4 is 20.9 Å². The number of ether oxygens (including phenoxy) is 3. The fourth-order valence-electron chi connectivity index (χ4n) is 3.17. The maximum absolute atomic E-state index is 14.6. The fraction of sp³-hybridized carbons (Fsp3) is 0.222. The molecule has 3 aromatic rings. The van der Waals surface area contributed by atoms with Crippen molar-refractivity contribution < 1.29 is 41.0 Å². The largest absolute Gasteiger partial charge is 0.494 e. The summed E-state index contributed by atoms with van der Waals surface area (Å²) < 4.78 is 80.7. The molecule has 38 heavy (non-hydrogen) atoms. The van der Waals surface area contributed by atoms with Crippen LogP contribution in [0.4, 0.5) is 33.3 Å². The molecule has 0 unspecified atom stereocenters. The predicted molar refractivity (Wildman–Crippen MR) is 132 cm³/mol. The summed E-state index contributed by atoms with van der Waals surface area (Å²) in [6, 6.07) is 15.0. The average Bonchev–Trinajstić information content (AvgIpc) is 2.85. The molecule has 0 atom stereocenters. The molecule has 0 saturated heterocycles. The van der Waals surface area contributed by atoms with E-state index in [-0.39, 0.29) is 31.1 Å². The van der Waals surface area contributed by atoms with Gasteiger partial charge in [-0.15, -0.1) is 0 Å². The molecule has 0 aliphatic heterocycles. The first-order valence-electron chi connectivity index (χ1n) is 11.4. The van der Waals surface area contributed by atoms with Gasteiger partial charge in [0.15, 0.2) is 0 Å². The van der Waals surface area contributed by atoms with Gasteiger partial charge in [0.2, 0.25) is 0 Å². The quantitative estimate of drug-likeness (QED) is 0.0961. The van der Waals surface area contributed by atoms with E-state index in [1.54, 1.807) is 18.2 Å². The molecule has 3 aromatic carbocycles. The Morgan fingerprint density at radius 2 is 1.53 bits per heavy atom. The summed E-state index contributed by atoms with van der Waals surface area (Å²) in [7, 11) is 0. The highest BCUT2D eigenvalue weighted by Gasteiger charge is 2.34. The summed E-state index contributed by atoms with van der Waals surface area (Å²) in [6.45, 7) is -0.232. The van der Waals surface area contributed by atoms with Gasteiger partial charge < -0.3 is 25.7 Å². The van der Waals surface area contributed by atoms with Crippen molar-refractivity contribution in [1.29, 1.82) is 0 Å². The first-order chi connectivity index (χ1) is 17.9. The van der Waals surface area contributed by atoms with Gasteiger partial charge in [0.05, 0.1) is 12.2 Å². The number of halogens is 5. The number of alkyl halides is 5. The second kappa shape index (κ2) is 12.3. The summed E-state index contributed by atoms with van der Waals surface area (Å²) in [4.78, 5) is 12.0. The molecule has 0 saturated carbocycles. The van der Waals surface area contributed by atoms with Crippen LogP contribution in [-0.4, -0.2) is 18.8 Å². The van der Waals surface area contributed by atoms with Gasteiger partial charge in [-0.1, -0.05) is 18.2 Å². The Bertz CT molecular complexity index is 1240. The first-order valence-corrected chi connectivity index (χ1v) is 11.4. The number of benzene rings is 3. The lowest BCUT2D eigenvalue weighted by atomic mass is 10.2. The molecule has 3 rings (SSSR count). The van der Waals surface area contributed by atoms with Crippen molar-refractivity contribution in [1.82, 2.24) is 0 Å². The van der Waals surface area contributed by atoms with E-state index in [1.165, 1.54) is 48.6 Å². The van der Waals surface area contributed by atoms with Crippen molar-refractivity contribution in [2.24, 2.45) is 0 Å². The van der Waals surface area contributed by atoms with Crippen molar-refractivity contribution in [2.75, 3.05) is 18.1 Å². The van der Waals surface area contributed by atoms with Crippen molar-refractivity contribution in [3.05, 3.63) is 89.5 Å². The summed E-state index contributed by atoms with van der Waals surface area (Å²) in [5, 5.41) is 0. The van der Waals surface area contributed by atoms with Crippen LogP contribution in [-0.2, 0) is 22.2 Å². The molecule has 0 amide bonds. The minimum atomic E-state index is -4.28. The van der Waals surface area contributed by atoms with Gasteiger partial charge in [0.25, 0.3) is 0 Å². The SMILES string of the molecule is Nc1ccc(COC(=O)/C=C/c2ccc(OC(F)(F)c3ccc(OCCCC(F)(F)F)cc3)cc2)c(N)c1. The molecule has 0 fully saturated rings. The number of carbonyl (C=O) groups excluding carboxylic acids is 1. The van der Waals surface area contributed by atoms with Gasteiger partial charge in [-0.05, 0) is 66.6 Å². The van der Waals surface area contributed by atoms with Crippen molar-refractivity contribution in [3.63, 3.8) is 0 Å². The summed E-state index contributed by atoms with van der Waals surface area (Å²) in [5.41, 5.74) is 13.0. The molecule has 0 bridgehead atoms. The monoisotopic (exact) mass is 536 g/mol. The number of hydrogen-bond acceptors (Lipinski definition) is 6. The van der Waals surface area contributed by atoms with E-state index in [1.807, 2.05) is 0 Å². The highest BCUT2D eigenvalue weighted by molar-refractivity contribution is 5.87. The zero-order valence-electron chi connectivity index (χ0n) is 20.0. The maximum Gasteiger partial charge on any atom is 0.426 e. The second-order valence-corrected chi connectivity index (χ2v) is 8.18. The van der Waals surface area contributed by atoms with Gasteiger partial charge in [0.1, 0.15) is 18.1 Å². The number of esters is 1. The van der Waals surface area contributed by atoms with E-state index in [0.29, 0.717) is 22.5 Å². The summed E-state index contributed by atoms with van der Waals surface area (Å²) >= 11 is 0. The lowest BCUT2D eigenvalue weighted by Gasteiger charge is -2.18. The minimum absolute atomic E-state index is 0.0394. The topological polar surface area (TPSA) is 96.8 Å². The molecule has 0 aliphatic rings. The van der Waals surface area contributed by atoms with Gasteiger partial charge in [0, 0.05) is 29.4 Å². The lowest BCUT2D eigenvalue weighted by Crippen LogP contribution is -2.21. The number of rotatable bonds is 11. The molecule has 6 nitrogen and oxygen atoms in total. The number of anilines is 2. The molecule has 11 heteroatoms. The molecule has 4 N–H and O–H groups in total. The molecule has 0 aromatic heterocycles. The number of nitrogen functional groups attached to an aromatic ring is 2. The predicted octanol–water partition coefficient (Wildman–Crippen LogP) is 6.46. The molecule has 0 radical (unpaired) electrons. The highest BCUT2D eigenvalue weighted by atomic mass is 19.4. The smallest absolute Gasteiger partial charge is 0.426 e. The Labute approximate surface area is 215 Å². The van der Waals surface area contributed by atoms with Gasteiger partial charge >= 0.3 is 18.3 Å². The van der Waals surface area contributed by atoms with Crippen LogP contribution in [0.25, 0.3) is 6.08 Å².